The lowest BCUT2D eigenvalue weighted by Crippen LogP contribution is -2.18. The second-order valence-corrected chi connectivity index (χ2v) is 11.4. The zero-order valence-corrected chi connectivity index (χ0v) is 24.3. The molecule has 11 heteroatoms. The van der Waals surface area contributed by atoms with Gasteiger partial charge in [-0.1, -0.05) is 42.5 Å². The number of sulfonamides is 1. The summed E-state index contributed by atoms with van der Waals surface area (Å²) in [5.74, 6) is 1.39. The maximum Gasteiger partial charge on any atom is 0.265 e. The quantitative estimate of drug-likeness (QED) is 0.149. The van der Waals surface area contributed by atoms with Crippen molar-refractivity contribution in [2.75, 3.05) is 35.8 Å². The predicted octanol–water partition coefficient (Wildman–Crippen LogP) is 6.53. The molecule has 0 saturated heterocycles. The minimum Gasteiger partial charge on any atom is -0.497 e. The van der Waals surface area contributed by atoms with Crippen LogP contribution < -0.4 is 24.8 Å². The average Bonchev–Trinajstić information content (AvgIpc) is 3.00. The fraction of sp³-hybridized carbons (Fsp3) is 0.133. The van der Waals surface area contributed by atoms with Crippen LogP contribution in [0.1, 0.15) is 5.56 Å². The van der Waals surface area contributed by atoms with E-state index in [-0.39, 0.29) is 16.5 Å². The minimum absolute atomic E-state index is 0.0491. The summed E-state index contributed by atoms with van der Waals surface area (Å²) in [6, 6.07) is 27.3. The second kappa shape index (κ2) is 12.4. The van der Waals surface area contributed by atoms with Gasteiger partial charge in [0.2, 0.25) is 0 Å². The molecule has 0 saturated carbocycles. The van der Waals surface area contributed by atoms with Gasteiger partial charge in [0.1, 0.15) is 16.4 Å². The lowest BCUT2D eigenvalue weighted by molar-refractivity contribution is 0.395. The summed E-state index contributed by atoms with van der Waals surface area (Å²) >= 11 is 1.64. The smallest absolute Gasteiger partial charge is 0.265 e. The summed E-state index contributed by atoms with van der Waals surface area (Å²) in [6.45, 7) is 0.462. The molecule has 0 atom stereocenters. The Kier molecular flexibility index (Phi) is 8.46. The summed E-state index contributed by atoms with van der Waals surface area (Å²) in [6.07, 6.45) is 2.01. The number of anilines is 4. The number of methoxy groups -OCH3 is 2. The third-order valence-corrected chi connectivity index (χ3v) is 8.49. The Hall–Kier alpha value is -4.48. The Balaban J connectivity index is 1.50. The number of thioether (sulfide) groups is 1. The largest absolute Gasteiger partial charge is 0.497 e. The number of aromatic nitrogens is 2. The van der Waals surface area contributed by atoms with E-state index in [0.717, 1.165) is 10.5 Å². The van der Waals surface area contributed by atoms with Crippen molar-refractivity contribution in [3.63, 3.8) is 0 Å². The first kappa shape index (κ1) is 28.1. The Morgan fingerprint density at radius 2 is 1.39 bits per heavy atom. The molecule has 0 spiro atoms. The molecule has 0 aliphatic heterocycles. The van der Waals surface area contributed by atoms with Crippen LogP contribution in [0.3, 0.4) is 0 Å². The molecule has 3 N–H and O–H groups in total. The molecule has 0 aliphatic carbocycles. The first-order valence-corrected chi connectivity index (χ1v) is 15.4. The third kappa shape index (κ3) is 6.47. The standard InChI is InChI=1S/C30H29N5O4S2/c1-38-22-16-21(17-23(18-22)39-2)32-29-30(34-25-12-6-5-11-24(25)33-29)35-41(36,37)28-15-9-7-13-26(28)31-19-20-10-4-8-14-27(20)40-3/h4-18,31H,19H2,1-3H3,(H,32,33)(H,34,35). The molecule has 5 rings (SSSR count). The molecule has 1 heterocycles. The average molecular weight is 588 g/mol. The van der Waals surface area contributed by atoms with Gasteiger partial charge < -0.3 is 20.1 Å². The lowest BCUT2D eigenvalue weighted by Gasteiger charge is -2.17. The van der Waals surface area contributed by atoms with Crippen LogP contribution in [0, 0.1) is 0 Å². The molecule has 41 heavy (non-hydrogen) atoms. The van der Waals surface area contributed by atoms with Crippen molar-refractivity contribution >= 4 is 55.8 Å². The molecule has 0 unspecified atom stereocenters. The van der Waals surface area contributed by atoms with Crippen molar-refractivity contribution in [2.24, 2.45) is 0 Å². The number of benzene rings is 4. The first-order chi connectivity index (χ1) is 19.9. The monoisotopic (exact) mass is 587 g/mol. The van der Waals surface area contributed by atoms with Gasteiger partial charge in [-0.25, -0.2) is 18.4 Å². The van der Waals surface area contributed by atoms with Crippen LogP contribution in [0.15, 0.2) is 101 Å². The number of hydrogen-bond donors (Lipinski definition) is 3. The van der Waals surface area contributed by atoms with Crippen LogP contribution in [0.25, 0.3) is 11.0 Å². The van der Waals surface area contributed by atoms with Gasteiger partial charge in [-0.2, -0.15) is 0 Å². The van der Waals surface area contributed by atoms with Gasteiger partial charge in [0, 0.05) is 35.3 Å². The van der Waals surface area contributed by atoms with Gasteiger partial charge in [-0.15, -0.1) is 11.8 Å². The Morgan fingerprint density at radius 1 is 0.780 bits per heavy atom. The lowest BCUT2D eigenvalue weighted by atomic mass is 10.2. The van der Waals surface area contributed by atoms with Crippen LogP contribution in [0.5, 0.6) is 11.5 Å². The maximum atomic E-state index is 13.8. The zero-order valence-electron chi connectivity index (χ0n) is 22.7. The van der Waals surface area contributed by atoms with E-state index in [1.54, 1.807) is 74.5 Å². The van der Waals surface area contributed by atoms with Crippen molar-refractivity contribution in [3.8, 4) is 11.5 Å². The topological polar surface area (TPSA) is 114 Å². The molecule has 210 valence electrons. The van der Waals surface area contributed by atoms with Crippen LogP contribution in [-0.2, 0) is 16.6 Å². The van der Waals surface area contributed by atoms with E-state index in [0.29, 0.717) is 40.5 Å². The highest BCUT2D eigenvalue weighted by atomic mass is 32.2. The Labute approximate surface area is 243 Å². The van der Waals surface area contributed by atoms with Gasteiger partial charge in [0.25, 0.3) is 10.0 Å². The van der Waals surface area contributed by atoms with Crippen molar-refractivity contribution in [2.45, 2.75) is 16.3 Å². The fourth-order valence-corrected chi connectivity index (χ4v) is 6.05. The number of nitrogens with zero attached hydrogens (tertiary/aromatic N) is 2. The van der Waals surface area contributed by atoms with Crippen molar-refractivity contribution in [3.05, 3.63) is 96.6 Å². The Morgan fingerprint density at radius 3 is 2.07 bits per heavy atom. The zero-order chi connectivity index (χ0) is 28.8. The van der Waals surface area contributed by atoms with E-state index in [1.165, 1.54) is 0 Å². The molecule has 0 radical (unpaired) electrons. The van der Waals surface area contributed by atoms with E-state index < -0.39 is 10.0 Å². The van der Waals surface area contributed by atoms with E-state index >= 15 is 0 Å². The number of hydrogen-bond acceptors (Lipinski definition) is 9. The van der Waals surface area contributed by atoms with Gasteiger partial charge in [-0.3, -0.25) is 4.72 Å². The molecule has 0 amide bonds. The fourth-order valence-electron chi connectivity index (χ4n) is 4.24. The summed E-state index contributed by atoms with van der Waals surface area (Å²) in [5, 5.41) is 6.48. The third-order valence-electron chi connectivity index (χ3n) is 6.25. The van der Waals surface area contributed by atoms with Gasteiger partial charge in [0.15, 0.2) is 11.6 Å². The highest BCUT2D eigenvalue weighted by Gasteiger charge is 2.22. The molecule has 5 aromatic rings. The van der Waals surface area contributed by atoms with Gasteiger partial charge in [0.05, 0.1) is 30.9 Å². The molecule has 0 bridgehead atoms. The number of fused-ring (bicyclic) bond motifs is 1. The van der Waals surface area contributed by atoms with Crippen LogP contribution in [-0.4, -0.2) is 38.9 Å². The molecule has 9 nitrogen and oxygen atoms in total. The maximum absolute atomic E-state index is 13.8. The highest BCUT2D eigenvalue weighted by molar-refractivity contribution is 7.98. The number of ether oxygens (including phenoxy) is 2. The number of rotatable bonds is 11. The van der Waals surface area contributed by atoms with Gasteiger partial charge in [-0.05, 0) is 42.2 Å². The Bertz CT molecular complexity index is 1780. The van der Waals surface area contributed by atoms with Crippen molar-refractivity contribution in [1.82, 2.24) is 9.97 Å². The van der Waals surface area contributed by atoms with Crippen molar-refractivity contribution in [1.29, 1.82) is 0 Å². The van der Waals surface area contributed by atoms with Crippen LogP contribution >= 0.6 is 11.8 Å². The minimum atomic E-state index is -4.08. The predicted molar refractivity (Wildman–Crippen MR) is 165 cm³/mol. The van der Waals surface area contributed by atoms with E-state index in [9.17, 15) is 8.42 Å². The summed E-state index contributed by atoms with van der Waals surface area (Å²) < 4.78 is 41.0. The van der Waals surface area contributed by atoms with Gasteiger partial charge >= 0.3 is 0 Å². The normalized spacial score (nSPS) is 11.2. The molecule has 0 aliphatic rings. The van der Waals surface area contributed by atoms with E-state index in [2.05, 4.69) is 25.3 Å². The van der Waals surface area contributed by atoms with Crippen molar-refractivity contribution < 1.29 is 17.9 Å². The summed E-state index contributed by atoms with van der Waals surface area (Å²) in [4.78, 5) is 10.5. The first-order valence-electron chi connectivity index (χ1n) is 12.6. The summed E-state index contributed by atoms with van der Waals surface area (Å²) in [7, 11) is -0.973. The highest BCUT2D eigenvalue weighted by Crippen LogP contribution is 2.32. The molecule has 4 aromatic carbocycles. The molecular weight excluding hydrogens is 558 g/mol. The van der Waals surface area contributed by atoms with E-state index in [1.807, 2.05) is 48.7 Å². The summed E-state index contributed by atoms with van der Waals surface area (Å²) in [5.41, 5.74) is 3.26. The van der Waals surface area contributed by atoms with Crippen LogP contribution in [0.4, 0.5) is 23.0 Å². The van der Waals surface area contributed by atoms with Crippen LogP contribution in [0.2, 0.25) is 0 Å². The molecule has 0 fully saturated rings. The molecular formula is C30H29N5O4S2. The number of para-hydroxylation sites is 3. The SMILES string of the molecule is COc1cc(Nc2nc3ccccc3nc2NS(=O)(=O)c2ccccc2NCc2ccccc2SC)cc(OC)c1. The second-order valence-electron chi connectivity index (χ2n) is 8.90. The van der Waals surface area contributed by atoms with E-state index in [4.69, 9.17) is 9.47 Å². The number of nitrogens with one attached hydrogen (secondary N) is 3. The molecule has 1 aromatic heterocycles.